The molecule has 0 amide bonds. The molecule has 1 atom stereocenters. The molecule has 2 rings (SSSR count). The number of aromatic nitrogens is 3. The summed E-state index contributed by atoms with van der Waals surface area (Å²) in [5.74, 6) is 6.25. The highest BCUT2D eigenvalue weighted by Crippen LogP contribution is 2.22. The molecule has 0 aliphatic rings. The molecule has 0 aromatic carbocycles. The summed E-state index contributed by atoms with van der Waals surface area (Å²) in [5, 5.41) is 7.86. The molecular weight excluding hydrogens is 274 g/mol. The smallest absolute Gasteiger partial charge is 0.169 e. The fourth-order valence-corrected chi connectivity index (χ4v) is 1.77. The van der Waals surface area contributed by atoms with E-state index in [-0.39, 0.29) is 6.04 Å². The summed E-state index contributed by atoms with van der Waals surface area (Å²) < 4.78 is 7.77. The quantitative estimate of drug-likeness (QED) is 0.645. The molecule has 3 N–H and O–H groups in total. The lowest BCUT2D eigenvalue weighted by Crippen LogP contribution is -2.29. The largest absolute Gasteiger partial charge is 0.453 e. The van der Waals surface area contributed by atoms with Crippen molar-refractivity contribution in [3.05, 3.63) is 34.5 Å². The minimum atomic E-state index is -0.108. The van der Waals surface area contributed by atoms with Crippen molar-refractivity contribution in [2.45, 2.75) is 12.5 Å². The fraction of sp³-hybridized carbons (Fsp3) is 0.333. The van der Waals surface area contributed by atoms with E-state index in [2.05, 4.69) is 31.7 Å². The third-order valence-electron chi connectivity index (χ3n) is 2.20. The highest BCUT2D eigenvalue weighted by molar-refractivity contribution is 9.10. The number of rotatable bonds is 4. The zero-order valence-electron chi connectivity index (χ0n) is 8.72. The molecule has 2 aromatic heterocycles. The summed E-state index contributed by atoms with van der Waals surface area (Å²) in [4.78, 5) is 0. The second-order valence-corrected chi connectivity index (χ2v) is 4.23. The first-order valence-electron chi connectivity index (χ1n) is 4.75. The number of nitrogens with zero attached hydrogens (tertiary/aromatic N) is 3. The molecule has 0 bridgehead atoms. The van der Waals surface area contributed by atoms with Crippen molar-refractivity contribution < 1.29 is 4.42 Å². The molecule has 0 aliphatic carbocycles. The van der Waals surface area contributed by atoms with Gasteiger partial charge in [0.2, 0.25) is 0 Å². The second kappa shape index (κ2) is 4.77. The Morgan fingerprint density at radius 3 is 2.94 bits per heavy atom. The molecule has 0 spiro atoms. The second-order valence-electron chi connectivity index (χ2n) is 3.45. The van der Waals surface area contributed by atoms with Gasteiger partial charge in [0.05, 0.1) is 11.7 Å². The lowest BCUT2D eigenvalue weighted by atomic mass is 10.1. The Bertz CT molecular complexity index is 466. The molecule has 2 heterocycles. The van der Waals surface area contributed by atoms with Crippen molar-refractivity contribution in [2.75, 3.05) is 0 Å². The van der Waals surface area contributed by atoms with E-state index in [1.54, 1.807) is 4.68 Å². The minimum Gasteiger partial charge on any atom is -0.453 e. The van der Waals surface area contributed by atoms with Gasteiger partial charge < -0.3 is 4.42 Å². The van der Waals surface area contributed by atoms with Crippen LogP contribution in [0.3, 0.4) is 0 Å². The Morgan fingerprint density at radius 1 is 1.62 bits per heavy atom. The number of halogens is 1. The molecule has 7 heteroatoms. The SMILES string of the molecule is Cn1cc(CC(NN)c2ccc(Br)o2)nn1. The monoisotopic (exact) mass is 285 g/mol. The number of nitrogens with two attached hydrogens (primary N) is 1. The molecule has 1 unspecified atom stereocenters. The van der Waals surface area contributed by atoms with Crippen molar-refractivity contribution in [1.29, 1.82) is 0 Å². The molecule has 86 valence electrons. The van der Waals surface area contributed by atoms with E-state index < -0.39 is 0 Å². The first-order chi connectivity index (χ1) is 7.69. The van der Waals surface area contributed by atoms with Gasteiger partial charge >= 0.3 is 0 Å². The summed E-state index contributed by atoms with van der Waals surface area (Å²) in [6, 6.07) is 3.59. The first-order valence-corrected chi connectivity index (χ1v) is 5.55. The van der Waals surface area contributed by atoms with Gasteiger partial charge in [0.15, 0.2) is 4.67 Å². The number of hydrazine groups is 1. The van der Waals surface area contributed by atoms with Crippen molar-refractivity contribution in [3.8, 4) is 0 Å². The lowest BCUT2D eigenvalue weighted by Gasteiger charge is -2.10. The molecule has 16 heavy (non-hydrogen) atoms. The highest BCUT2D eigenvalue weighted by Gasteiger charge is 2.16. The van der Waals surface area contributed by atoms with Crippen molar-refractivity contribution in [1.82, 2.24) is 20.4 Å². The van der Waals surface area contributed by atoms with Crippen LogP contribution >= 0.6 is 15.9 Å². The van der Waals surface area contributed by atoms with Crippen LogP contribution in [0.1, 0.15) is 17.5 Å². The molecule has 0 radical (unpaired) electrons. The Balaban J connectivity index is 2.12. The fourth-order valence-electron chi connectivity index (χ4n) is 1.46. The number of nitrogens with one attached hydrogen (secondary N) is 1. The Morgan fingerprint density at radius 2 is 2.44 bits per heavy atom. The van der Waals surface area contributed by atoms with Crippen molar-refractivity contribution in [2.24, 2.45) is 12.9 Å². The molecular formula is C9H12BrN5O. The van der Waals surface area contributed by atoms with E-state index in [1.807, 2.05) is 25.4 Å². The van der Waals surface area contributed by atoms with E-state index in [4.69, 9.17) is 10.3 Å². The summed E-state index contributed by atoms with van der Waals surface area (Å²) in [6.45, 7) is 0. The highest BCUT2D eigenvalue weighted by atomic mass is 79.9. The summed E-state index contributed by atoms with van der Waals surface area (Å²) in [7, 11) is 1.82. The molecule has 0 aliphatic heterocycles. The van der Waals surface area contributed by atoms with E-state index in [0.717, 1.165) is 11.5 Å². The van der Waals surface area contributed by atoms with Crippen LogP contribution in [0.15, 0.2) is 27.4 Å². The van der Waals surface area contributed by atoms with Gasteiger partial charge in [-0.25, -0.2) is 5.43 Å². The maximum absolute atomic E-state index is 5.49. The average molecular weight is 286 g/mol. The van der Waals surface area contributed by atoms with Crippen molar-refractivity contribution in [3.63, 3.8) is 0 Å². The lowest BCUT2D eigenvalue weighted by molar-refractivity contribution is 0.403. The van der Waals surface area contributed by atoms with Crippen LogP contribution in [0.4, 0.5) is 0 Å². The topological polar surface area (TPSA) is 81.9 Å². The third kappa shape index (κ3) is 2.49. The number of aryl methyl sites for hydroxylation is 1. The Hall–Kier alpha value is -1.18. The molecule has 0 saturated carbocycles. The number of hydrogen-bond acceptors (Lipinski definition) is 5. The van der Waals surface area contributed by atoms with Gasteiger partial charge in [0.1, 0.15) is 5.76 Å². The van der Waals surface area contributed by atoms with Gasteiger partial charge in [-0.3, -0.25) is 10.5 Å². The first kappa shape index (κ1) is 11.3. The summed E-state index contributed by atoms with van der Waals surface area (Å²) >= 11 is 3.25. The van der Waals surface area contributed by atoms with Gasteiger partial charge in [-0.1, -0.05) is 5.21 Å². The third-order valence-corrected chi connectivity index (χ3v) is 2.63. The van der Waals surface area contributed by atoms with E-state index >= 15 is 0 Å². The average Bonchev–Trinajstić information content (AvgIpc) is 2.84. The molecule has 0 saturated heterocycles. The van der Waals surface area contributed by atoms with Gasteiger partial charge in [-0.2, -0.15) is 0 Å². The van der Waals surface area contributed by atoms with Crippen LogP contribution in [0.2, 0.25) is 0 Å². The zero-order valence-corrected chi connectivity index (χ0v) is 10.3. The van der Waals surface area contributed by atoms with Crippen LogP contribution in [-0.4, -0.2) is 15.0 Å². The van der Waals surface area contributed by atoms with Gasteiger partial charge in [-0.15, -0.1) is 5.10 Å². The van der Waals surface area contributed by atoms with Gasteiger partial charge in [-0.05, 0) is 28.1 Å². The normalized spacial score (nSPS) is 12.9. The maximum Gasteiger partial charge on any atom is 0.169 e. The summed E-state index contributed by atoms with van der Waals surface area (Å²) in [5.41, 5.74) is 3.56. The maximum atomic E-state index is 5.49. The predicted octanol–water partition coefficient (Wildman–Crippen LogP) is 0.918. The predicted molar refractivity (Wildman–Crippen MR) is 61.2 cm³/mol. The Labute approximate surface area is 101 Å². The van der Waals surface area contributed by atoms with E-state index in [0.29, 0.717) is 11.1 Å². The zero-order chi connectivity index (χ0) is 11.5. The van der Waals surface area contributed by atoms with Crippen LogP contribution in [0.25, 0.3) is 0 Å². The minimum absolute atomic E-state index is 0.108. The van der Waals surface area contributed by atoms with Crippen LogP contribution in [-0.2, 0) is 13.5 Å². The number of furan rings is 1. The molecule has 6 nitrogen and oxygen atoms in total. The van der Waals surface area contributed by atoms with E-state index in [1.165, 1.54) is 0 Å². The standard InChI is InChI=1S/C9H12BrN5O/c1-15-5-6(13-14-15)4-7(12-11)8-2-3-9(10)16-8/h2-3,5,7,12H,4,11H2,1H3. The number of hydrogen-bond donors (Lipinski definition) is 2. The van der Waals surface area contributed by atoms with E-state index in [9.17, 15) is 0 Å². The Kier molecular flexibility index (Phi) is 3.37. The van der Waals surface area contributed by atoms with Crippen LogP contribution < -0.4 is 11.3 Å². The van der Waals surface area contributed by atoms with Gasteiger partial charge in [0, 0.05) is 19.7 Å². The van der Waals surface area contributed by atoms with Crippen LogP contribution in [0.5, 0.6) is 0 Å². The van der Waals surface area contributed by atoms with Gasteiger partial charge in [0.25, 0.3) is 0 Å². The van der Waals surface area contributed by atoms with Crippen LogP contribution in [0, 0.1) is 0 Å². The van der Waals surface area contributed by atoms with Crippen molar-refractivity contribution >= 4 is 15.9 Å². The molecule has 0 fully saturated rings. The molecule has 2 aromatic rings. The summed E-state index contributed by atoms with van der Waals surface area (Å²) in [6.07, 6.45) is 2.48.